The van der Waals surface area contributed by atoms with Crippen LogP contribution in [0.3, 0.4) is 0 Å². The van der Waals surface area contributed by atoms with Gasteiger partial charge in [0.1, 0.15) is 22.5 Å². The number of hydrogen-bond acceptors (Lipinski definition) is 4. The van der Waals surface area contributed by atoms with Crippen molar-refractivity contribution in [1.82, 2.24) is 4.98 Å². The molecule has 0 spiro atoms. The Morgan fingerprint density at radius 1 is 1.25 bits per heavy atom. The van der Waals surface area contributed by atoms with E-state index in [9.17, 15) is 9.65 Å². The van der Waals surface area contributed by atoms with Gasteiger partial charge in [0.05, 0.1) is 5.69 Å². The van der Waals surface area contributed by atoms with Crippen LogP contribution in [0.1, 0.15) is 5.01 Å². The lowest BCUT2D eigenvalue weighted by molar-refractivity contribution is 0.628. The van der Waals surface area contributed by atoms with Gasteiger partial charge in [0.2, 0.25) is 0 Å². The molecule has 2 aromatic carbocycles. The number of thiazole rings is 1. The van der Waals surface area contributed by atoms with Gasteiger partial charge in [0.25, 0.3) is 0 Å². The Morgan fingerprint density at radius 3 is 2.75 bits per heavy atom. The molecule has 118 valence electrons. The minimum atomic E-state index is -0.335. The maximum atomic E-state index is 13.2. The Balaban J connectivity index is 1.82. The molecule has 0 saturated carbocycles. The number of benzene rings is 2. The van der Waals surface area contributed by atoms with Crippen LogP contribution >= 0.6 is 27.3 Å². The van der Waals surface area contributed by atoms with E-state index in [0.717, 1.165) is 15.7 Å². The molecule has 0 unspecified atom stereocenters. The van der Waals surface area contributed by atoms with E-state index >= 15 is 0 Å². The average Bonchev–Trinajstić information content (AvgIpc) is 3.06. The zero-order chi connectivity index (χ0) is 16.9. The Morgan fingerprint density at radius 2 is 2.04 bits per heavy atom. The average molecular weight is 400 g/mol. The van der Waals surface area contributed by atoms with Gasteiger partial charge in [-0.2, -0.15) is 5.26 Å². The van der Waals surface area contributed by atoms with Crippen molar-refractivity contribution < 1.29 is 4.39 Å². The summed E-state index contributed by atoms with van der Waals surface area (Å²) in [4.78, 5) is 4.51. The minimum absolute atomic E-state index is 0.335. The van der Waals surface area contributed by atoms with Crippen LogP contribution in [-0.2, 0) is 0 Å². The summed E-state index contributed by atoms with van der Waals surface area (Å²) in [6.45, 7) is 0. The Labute approximate surface area is 151 Å². The lowest BCUT2D eigenvalue weighted by Crippen LogP contribution is -1.91. The van der Waals surface area contributed by atoms with Crippen LogP contribution in [0.2, 0.25) is 0 Å². The summed E-state index contributed by atoms with van der Waals surface area (Å²) in [6, 6.07) is 16.0. The first-order valence-corrected chi connectivity index (χ1v) is 8.67. The number of nitrogens with one attached hydrogen (secondary N) is 1. The summed E-state index contributed by atoms with van der Waals surface area (Å²) in [7, 11) is 0. The van der Waals surface area contributed by atoms with E-state index in [2.05, 4.69) is 32.3 Å². The maximum Gasteiger partial charge on any atom is 0.136 e. The number of aromatic nitrogens is 1. The second kappa shape index (κ2) is 7.39. The number of nitrogens with zero attached hydrogens (tertiary/aromatic N) is 2. The Bertz CT molecular complexity index is 926. The van der Waals surface area contributed by atoms with Crippen LogP contribution in [0.4, 0.5) is 10.1 Å². The molecule has 3 nitrogen and oxygen atoms in total. The van der Waals surface area contributed by atoms with E-state index in [4.69, 9.17) is 0 Å². The monoisotopic (exact) mass is 399 g/mol. The van der Waals surface area contributed by atoms with Crippen molar-refractivity contribution in [2.24, 2.45) is 0 Å². The first-order chi connectivity index (χ1) is 11.7. The summed E-state index contributed by atoms with van der Waals surface area (Å²) in [5.41, 5.74) is 2.77. The molecule has 0 fully saturated rings. The maximum absolute atomic E-state index is 13.2. The molecule has 0 aliphatic rings. The van der Waals surface area contributed by atoms with Crippen molar-refractivity contribution in [1.29, 1.82) is 5.26 Å². The summed E-state index contributed by atoms with van der Waals surface area (Å²) in [5.74, 6) is -0.335. The van der Waals surface area contributed by atoms with Gasteiger partial charge in [0.15, 0.2) is 0 Å². The molecule has 1 N–H and O–H groups in total. The molecule has 0 amide bonds. The summed E-state index contributed by atoms with van der Waals surface area (Å²) in [5, 5.41) is 14.8. The third-order valence-corrected chi connectivity index (χ3v) is 4.61. The van der Waals surface area contributed by atoms with E-state index in [1.54, 1.807) is 18.3 Å². The molecule has 0 aliphatic heterocycles. The fourth-order valence-corrected chi connectivity index (χ4v) is 3.09. The van der Waals surface area contributed by atoms with Crippen LogP contribution in [0, 0.1) is 17.1 Å². The predicted octanol–water partition coefficient (Wildman–Crippen LogP) is 5.69. The van der Waals surface area contributed by atoms with Gasteiger partial charge in [0, 0.05) is 27.3 Å². The van der Waals surface area contributed by atoms with Gasteiger partial charge >= 0.3 is 0 Å². The Kier molecular flexibility index (Phi) is 5.04. The number of halogens is 2. The smallest absolute Gasteiger partial charge is 0.136 e. The van der Waals surface area contributed by atoms with E-state index in [-0.39, 0.29) is 5.82 Å². The molecule has 1 aromatic heterocycles. The highest BCUT2D eigenvalue weighted by molar-refractivity contribution is 9.10. The topological polar surface area (TPSA) is 48.7 Å². The molecule has 3 rings (SSSR count). The molecule has 0 atom stereocenters. The van der Waals surface area contributed by atoms with Crippen molar-refractivity contribution in [2.45, 2.75) is 0 Å². The van der Waals surface area contributed by atoms with Crippen LogP contribution in [0.25, 0.3) is 16.8 Å². The van der Waals surface area contributed by atoms with Gasteiger partial charge in [-0.1, -0.05) is 34.1 Å². The third kappa shape index (κ3) is 3.88. The zero-order valence-electron chi connectivity index (χ0n) is 12.3. The minimum Gasteiger partial charge on any atom is -0.360 e. The van der Waals surface area contributed by atoms with Gasteiger partial charge in [-0.05, 0) is 30.3 Å². The lowest BCUT2D eigenvalue weighted by Gasteiger charge is -2.01. The van der Waals surface area contributed by atoms with E-state index in [0.29, 0.717) is 16.3 Å². The molecular formula is C18H11BrFN3S. The number of rotatable bonds is 4. The quantitative estimate of drug-likeness (QED) is 0.573. The largest absolute Gasteiger partial charge is 0.360 e. The molecular weight excluding hydrogens is 389 g/mol. The summed E-state index contributed by atoms with van der Waals surface area (Å²) >= 11 is 4.79. The highest BCUT2D eigenvalue weighted by Gasteiger charge is 2.09. The van der Waals surface area contributed by atoms with E-state index in [1.807, 2.05) is 29.6 Å². The van der Waals surface area contributed by atoms with Crippen LogP contribution < -0.4 is 5.32 Å². The molecule has 1 heterocycles. The van der Waals surface area contributed by atoms with Crippen LogP contribution in [0.15, 0.2) is 64.6 Å². The van der Waals surface area contributed by atoms with E-state index < -0.39 is 0 Å². The normalized spacial score (nSPS) is 11.1. The molecule has 24 heavy (non-hydrogen) atoms. The summed E-state index contributed by atoms with van der Waals surface area (Å²) < 4.78 is 14.2. The van der Waals surface area contributed by atoms with Crippen LogP contribution in [-0.4, -0.2) is 4.98 Å². The van der Waals surface area contributed by atoms with Crippen molar-refractivity contribution in [3.63, 3.8) is 0 Å². The number of allylic oxidation sites excluding steroid dienone is 1. The number of hydrogen-bond donors (Lipinski definition) is 1. The molecule has 0 saturated heterocycles. The zero-order valence-corrected chi connectivity index (χ0v) is 14.7. The van der Waals surface area contributed by atoms with Crippen molar-refractivity contribution in [3.05, 3.63) is 75.4 Å². The molecule has 3 aromatic rings. The van der Waals surface area contributed by atoms with Crippen molar-refractivity contribution >= 4 is 38.5 Å². The Hall–Kier alpha value is -2.49. The molecule has 0 bridgehead atoms. The van der Waals surface area contributed by atoms with Gasteiger partial charge in [-0.3, -0.25) is 0 Å². The first-order valence-electron chi connectivity index (χ1n) is 7.00. The third-order valence-electron chi connectivity index (χ3n) is 3.20. The van der Waals surface area contributed by atoms with Gasteiger partial charge in [-0.25, -0.2) is 9.37 Å². The predicted molar refractivity (Wildman–Crippen MR) is 98.9 cm³/mol. The molecule has 0 aliphatic carbocycles. The molecule has 0 radical (unpaired) electrons. The van der Waals surface area contributed by atoms with Gasteiger partial charge < -0.3 is 5.32 Å². The van der Waals surface area contributed by atoms with Crippen molar-refractivity contribution in [3.8, 4) is 17.3 Å². The highest BCUT2D eigenvalue weighted by Crippen LogP contribution is 2.27. The highest BCUT2D eigenvalue weighted by atomic mass is 79.9. The molecule has 6 heteroatoms. The SMILES string of the molecule is N#C/C(=C\Nc1cccc(F)c1)c1nc(-c2ccc(Br)cc2)cs1. The summed E-state index contributed by atoms with van der Waals surface area (Å²) in [6.07, 6.45) is 1.54. The van der Waals surface area contributed by atoms with Crippen molar-refractivity contribution in [2.75, 3.05) is 5.32 Å². The van der Waals surface area contributed by atoms with Crippen LogP contribution in [0.5, 0.6) is 0 Å². The first kappa shape index (κ1) is 16.4. The fourth-order valence-electron chi connectivity index (χ4n) is 2.03. The van der Waals surface area contributed by atoms with Gasteiger partial charge in [-0.15, -0.1) is 11.3 Å². The number of anilines is 1. The standard InChI is InChI=1S/C18H11BrFN3S/c19-14-6-4-12(5-7-14)17-11-24-18(23-17)13(9-21)10-22-16-3-1-2-15(20)8-16/h1-8,10-11,22H/b13-10+. The number of nitriles is 1. The second-order valence-corrected chi connectivity index (χ2v) is 6.64. The lowest BCUT2D eigenvalue weighted by atomic mass is 10.2. The van der Waals surface area contributed by atoms with E-state index in [1.165, 1.54) is 23.5 Å². The fraction of sp³-hybridized carbons (Fsp3) is 0. The second-order valence-electron chi connectivity index (χ2n) is 4.87.